The molecule has 1 heterocycles. The van der Waals surface area contributed by atoms with Crippen LogP contribution in [0.2, 0.25) is 0 Å². The van der Waals surface area contributed by atoms with Crippen molar-refractivity contribution >= 4 is 17.6 Å². The number of aryl methyl sites for hydroxylation is 1. The molecule has 0 bridgehead atoms. The van der Waals surface area contributed by atoms with Gasteiger partial charge in [0.1, 0.15) is 5.82 Å². The quantitative estimate of drug-likeness (QED) is 0.658. The Morgan fingerprint density at radius 1 is 1.73 bits per heavy atom. The monoisotopic (exact) mass is 171 g/mol. The lowest BCUT2D eigenvalue weighted by Gasteiger charge is -2.02. The second-order valence-electron chi connectivity index (χ2n) is 2.35. The Labute approximate surface area is 70.7 Å². The highest BCUT2D eigenvalue weighted by Crippen LogP contribution is 2.08. The lowest BCUT2D eigenvalue weighted by molar-refractivity contribution is 0.939. The van der Waals surface area contributed by atoms with E-state index in [0.29, 0.717) is 12.4 Å². The predicted molar refractivity (Wildman–Crippen MR) is 46.1 cm³/mol. The maximum Gasteiger partial charge on any atom is 0.123 e. The maximum atomic E-state index is 5.46. The number of hydrogen-bond acceptors (Lipinski definition) is 3. The molecule has 1 aromatic rings. The van der Waals surface area contributed by atoms with Crippen LogP contribution in [-0.4, -0.2) is 4.98 Å². The van der Waals surface area contributed by atoms with Gasteiger partial charge in [0.15, 0.2) is 0 Å². The van der Waals surface area contributed by atoms with Gasteiger partial charge in [-0.15, -0.1) is 0 Å². The molecule has 0 saturated carbocycles. The average Bonchev–Trinajstić information content (AvgIpc) is 1.95. The highest BCUT2D eigenvalue weighted by atomic mass is 35.5. The second-order valence-corrected chi connectivity index (χ2v) is 2.61. The molecule has 0 unspecified atom stereocenters. The van der Waals surface area contributed by atoms with Crippen LogP contribution in [0.15, 0.2) is 12.3 Å². The SMILES string of the molecule is Cc1cc(N)ncc1CNCl. The third kappa shape index (κ3) is 2.06. The zero-order valence-corrected chi connectivity index (χ0v) is 7.02. The summed E-state index contributed by atoms with van der Waals surface area (Å²) in [5.74, 6) is 0.542. The number of nitrogen functional groups attached to an aromatic ring is 1. The van der Waals surface area contributed by atoms with Crippen molar-refractivity contribution in [1.82, 2.24) is 9.82 Å². The summed E-state index contributed by atoms with van der Waals surface area (Å²) in [7, 11) is 0. The van der Waals surface area contributed by atoms with Gasteiger partial charge < -0.3 is 5.73 Å². The maximum absolute atomic E-state index is 5.46. The third-order valence-corrected chi connectivity index (χ3v) is 1.63. The molecule has 0 amide bonds. The minimum absolute atomic E-state index is 0.542. The van der Waals surface area contributed by atoms with Crippen LogP contribution in [0, 0.1) is 6.92 Å². The molecule has 3 nitrogen and oxygen atoms in total. The van der Waals surface area contributed by atoms with E-state index in [1.807, 2.05) is 13.0 Å². The van der Waals surface area contributed by atoms with Gasteiger partial charge in [-0.3, -0.25) is 0 Å². The first-order chi connectivity index (χ1) is 5.24. The fraction of sp³-hybridized carbons (Fsp3) is 0.286. The van der Waals surface area contributed by atoms with Gasteiger partial charge in [0.2, 0.25) is 0 Å². The Kier molecular flexibility index (Phi) is 2.68. The van der Waals surface area contributed by atoms with Crippen molar-refractivity contribution in [2.45, 2.75) is 13.5 Å². The van der Waals surface area contributed by atoms with Crippen LogP contribution < -0.4 is 10.6 Å². The number of nitrogens with one attached hydrogen (secondary N) is 1. The lowest BCUT2D eigenvalue weighted by Crippen LogP contribution is -2.02. The zero-order valence-electron chi connectivity index (χ0n) is 6.26. The van der Waals surface area contributed by atoms with E-state index in [0.717, 1.165) is 11.1 Å². The molecular weight excluding hydrogens is 162 g/mol. The number of rotatable bonds is 2. The van der Waals surface area contributed by atoms with E-state index in [1.165, 1.54) is 0 Å². The van der Waals surface area contributed by atoms with Crippen molar-refractivity contribution in [1.29, 1.82) is 0 Å². The standard InChI is InChI=1S/C7H10ClN3/c1-5-2-7(9)10-3-6(5)4-11-8/h2-3,11H,4H2,1H3,(H2,9,10). The molecule has 0 aliphatic rings. The van der Waals surface area contributed by atoms with Crippen molar-refractivity contribution in [3.63, 3.8) is 0 Å². The van der Waals surface area contributed by atoms with Crippen molar-refractivity contribution in [2.75, 3.05) is 5.73 Å². The van der Waals surface area contributed by atoms with Gasteiger partial charge in [0.05, 0.1) is 0 Å². The highest BCUT2D eigenvalue weighted by molar-refractivity contribution is 6.13. The molecule has 0 atom stereocenters. The van der Waals surface area contributed by atoms with Gasteiger partial charge in [-0.2, -0.15) is 0 Å². The van der Waals surface area contributed by atoms with E-state index in [-0.39, 0.29) is 0 Å². The lowest BCUT2D eigenvalue weighted by atomic mass is 10.1. The normalized spacial score (nSPS) is 10.0. The van der Waals surface area contributed by atoms with Crippen LogP contribution in [0.25, 0.3) is 0 Å². The summed E-state index contributed by atoms with van der Waals surface area (Å²) >= 11 is 5.34. The number of hydrogen-bond donors (Lipinski definition) is 2. The molecule has 4 heteroatoms. The number of nitrogens with zero attached hydrogens (tertiary/aromatic N) is 1. The molecule has 1 rings (SSSR count). The molecule has 0 saturated heterocycles. The summed E-state index contributed by atoms with van der Waals surface area (Å²) in [5.41, 5.74) is 7.63. The first kappa shape index (κ1) is 8.30. The molecule has 11 heavy (non-hydrogen) atoms. The Morgan fingerprint density at radius 2 is 2.45 bits per heavy atom. The second kappa shape index (κ2) is 3.55. The largest absolute Gasteiger partial charge is 0.384 e. The number of nitrogens with two attached hydrogens (primary N) is 1. The summed E-state index contributed by atoms with van der Waals surface area (Å²) in [6.45, 7) is 2.59. The van der Waals surface area contributed by atoms with Gasteiger partial charge in [-0.05, 0) is 35.9 Å². The minimum Gasteiger partial charge on any atom is -0.384 e. The summed E-state index contributed by atoms with van der Waals surface area (Å²) < 4.78 is 0. The van der Waals surface area contributed by atoms with Crippen LogP contribution in [0.3, 0.4) is 0 Å². The summed E-state index contributed by atoms with van der Waals surface area (Å²) in [4.78, 5) is 6.47. The summed E-state index contributed by atoms with van der Waals surface area (Å²) in [6, 6.07) is 1.82. The average molecular weight is 172 g/mol. The smallest absolute Gasteiger partial charge is 0.123 e. The zero-order chi connectivity index (χ0) is 8.27. The summed E-state index contributed by atoms with van der Waals surface area (Å²) in [5, 5.41) is 0. The topological polar surface area (TPSA) is 50.9 Å². The Hall–Kier alpha value is -0.800. The van der Waals surface area contributed by atoms with E-state index in [9.17, 15) is 0 Å². The Bertz CT molecular complexity index is 249. The molecule has 1 aromatic heterocycles. The predicted octanol–water partition coefficient (Wildman–Crippen LogP) is 1.22. The van der Waals surface area contributed by atoms with Crippen LogP contribution in [0.5, 0.6) is 0 Å². The molecule has 0 aromatic carbocycles. The molecule has 0 spiro atoms. The van der Waals surface area contributed by atoms with Gasteiger partial charge in [0, 0.05) is 12.7 Å². The third-order valence-electron chi connectivity index (χ3n) is 1.50. The van der Waals surface area contributed by atoms with E-state index in [2.05, 4.69) is 9.82 Å². The summed E-state index contributed by atoms with van der Waals surface area (Å²) in [6.07, 6.45) is 1.72. The van der Waals surface area contributed by atoms with Crippen LogP contribution in [-0.2, 0) is 6.54 Å². The van der Waals surface area contributed by atoms with E-state index >= 15 is 0 Å². The van der Waals surface area contributed by atoms with Crippen molar-refractivity contribution in [3.05, 3.63) is 23.4 Å². The highest BCUT2D eigenvalue weighted by Gasteiger charge is 1.97. The molecular formula is C7H10ClN3. The minimum atomic E-state index is 0.542. The fourth-order valence-corrected chi connectivity index (χ4v) is 1.01. The molecule has 0 radical (unpaired) electrons. The first-order valence-electron chi connectivity index (χ1n) is 3.28. The number of halogens is 1. The van der Waals surface area contributed by atoms with E-state index < -0.39 is 0 Å². The van der Waals surface area contributed by atoms with Gasteiger partial charge in [-0.1, -0.05) is 0 Å². The molecule has 3 N–H and O–H groups in total. The van der Waals surface area contributed by atoms with E-state index in [1.54, 1.807) is 6.20 Å². The van der Waals surface area contributed by atoms with Crippen molar-refractivity contribution in [3.8, 4) is 0 Å². The number of pyridine rings is 1. The first-order valence-corrected chi connectivity index (χ1v) is 3.66. The van der Waals surface area contributed by atoms with Gasteiger partial charge >= 0.3 is 0 Å². The molecule has 0 aliphatic heterocycles. The van der Waals surface area contributed by atoms with Crippen LogP contribution in [0.1, 0.15) is 11.1 Å². The molecule has 0 aliphatic carbocycles. The Morgan fingerprint density at radius 3 is 3.00 bits per heavy atom. The van der Waals surface area contributed by atoms with Crippen LogP contribution in [0.4, 0.5) is 5.82 Å². The van der Waals surface area contributed by atoms with Crippen molar-refractivity contribution in [2.24, 2.45) is 0 Å². The number of anilines is 1. The molecule has 0 fully saturated rings. The van der Waals surface area contributed by atoms with Crippen molar-refractivity contribution < 1.29 is 0 Å². The van der Waals surface area contributed by atoms with E-state index in [4.69, 9.17) is 17.5 Å². The molecule has 60 valence electrons. The van der Waals surface area contributed by atoms with Gasteiger partial charge in [0.25, 0.3) is 0 Å². The Balaban J connectivity index is 2.90. The van der Waals surface area contributed by atoms with Gasteiger partial charge in [-0.25, -0.2) is 9.82 Å². The van der Waals surface area contributed by atoms with Crippen LogP contribution >= 0.6 is 11.8 Å². The number of aromatic nitrogens is 1. The fourth-order valence-electron chi connectivity index (χ4n) is 0.863.